The van der Waals surface area contributed by atoms with E-state index in [9.17, 15) is 0 Å². The molecule has 0 rings (SSSR count). The van der Waals surface area contributed by atoms with Crippen LogP contribution in [-0.4, -0.2) is 56.3 Å². The summed E-state index contributed by atoms with van der Waals surface area (Å²) >= 11 is 1.89. The van der Waals surface area contributed by atoms with Crippen LogP contribution in [0.15, 0.2) is 0 Å². The Morgan fingerprint density at radius 3 is 2.57 bits per heavy atom. The van der Waals surface area contributed by atoms with Crippen LogP contribution in [-0.2, 0) is 4.74 Å². The zero-order valence-electron chi connectivity index (χ0n) is 9.82. The molecule has 0 saturated heterocycles. The van der Waals surface area contributed by atoms with Gasteiger partial charge in [0.25, 0.3) is 0 Å². The Morgan fingerprint density at radius 2 is 2.14 bits per heavy atom. The standard InChI is InChI=1S/C10H24N2OS/c1-5-10(8-14-4)12(2)6-9(11)7-13-3/h9-10H,5-8,11H2,1-4H3. The highest BCUT2D eigenvalue weighted by atomic mass is 32.2. The van der Waals surface area contributed by atoms with Crippen LogP contribution in [0.5, 0.6) is 0 Å². The van der Waals surface area contributed by atoms with Gasteiger partial charge >= 0.3 is 0 Å². The fraction of sp³-hybridized carbons (Fsp3) is 1.00. The van der Waals surface area contributed by atoms with Crippen LogP contribution in [0.4, 0.5) is 0 Å². The lowest BCUT2D eigenvalue weighted by atomic mass is 10.2. The van der Waals surface area contributed by atoms with Gasteiger partial charge in [-0.2, -0.15) is 11.8 Å². The fourth-order valence-corrected chi connectivity index (χ4v) is 2.41. The predicted molar refractivity (Wildman–Crippen MR) is 64.9 cm³/mol. The van der Waals surface area contributed by atoms with E-state index in [0.717, 1.165) is 6.54 Å². The molecule has 14 heavy (non-hydrogen) atoms. The first-order valence-corrected chi connectivity index (χ1v) is 6.48. The van der Waals surface area contributed by atoms with Gasteiger partial charge in [0.1, 0.15) is 0 Å². The first-order chi connectivity index (χ1) is 6.65. The van der Waals surface area contributed by atoms with Crippen molar-refractivity contribution in [1.29, 1.82) is 0 Å². The molecule has 0 bridgehead atoms. The minimum Gasteiger partial charge on any atom is -0.383 e. The summed E-state index contributed by atoms with van der Waals surface area (Å²) in [4.78, 5) is 2.33. The predicted octanol–water partition coefficient (Wildman–Crippen LogP) is 1.03. The highest BCUT2D eigenvalue weighted by Crippen LogP contribution is 2.08. The van der Waals surface area contributed by atoms with E-state index in [0.29, 0.717) is 12.6 Å². The van der Waals surface area contributed by atoms with Crippen LogP contribution in [0.3, 0.4) is 0 Å². The first-order valence-electron chi connectivity index (χ1n) is 5.09. The molecule has 0 aliphatic heterocycles. The Labute approximate surface area is 92.4 Å². The van der Waals surface area contributed by atoms with E-state index >= 15 is 0 Å². The zero-order valence-corrected chi connectivity index (χ0v) is 10.6. The Bertz CT molecular complexity index is 135. The van der Waals surface area contributed by atoms with Crippen molar-refractivity contribution in [2.75, 3.05) is 39.3 Å². The molecule has 0 spiro atoms. The summed E-state index contributed by atoms with van der Waals surface area (Å²) in [6.07, 6.45) is 3.32. The number of likely N-dealkylation sites (N-methyl/N-ethyl adjacent to an activating group) is 1. The number of rotatable bonds is 8. The maximum Gasteiger partial charge on any atom is 0.0626 e. The second-order valence-corrected chi connectivity index (χ2v) is 4.58. The van der Waals surface area contributed by atoms with E-state index in [2.05, 4.69) is 25.1 Å². The topological polar surface area (TPSA) is 38.5 Å². The number of hydrogen-bond donors (Lipinski definition) is 1. The van der Waals surface area contributed by atoms with Gasteiger partial charge in [-0.05, 0) is 19.7 Å². The number of nitrogens with zero attached hydrogens (tertiary/aromatic N) is 1. The third-order valence-electron chi connectivity index (χ3n) is 2.36. The molecular formula is C10H24N2OS. The number of thioether (sulfide) groups is 1. The molecule has 3 nitrogen and oxygen atoms in total. The van der Waals surface area contributed by atoms with Gasteiger partial charge in [-0.1, -0.05) is 6.92 Å². The maximum atomic E-state index is 5.90. The molecule has 0 aliphatic carbocycles. The Hall–Kier alpha value is 0.230. The lowest BCUT2D eigenvalue weighted by Gasteiger charge is -2.28. The van der Waals surface area contributed by atoms with Crippen molar-refractivity contribution in [2.24, 2.45) is 5.73 Å². The highest BCUT2D eigenvalue weighted by molar-refractivity contribution is 7.98. The normalized spacial score (nSPS) is 15.9. The van der Waals surface area contributed by atoms with E-state index in [1.807, 2.05) is 11.8 Å². The third kappa shape index (κ3) is 5.86. The van der Waals surface area contributed by atoms with E-state index in [-0.39, 0.29) is 6.04 Å². The number of methoxy groups -OCH3 is 1. The van der Waals surface area contributed by atoms with Crippen LogP contribution in [0, 0.1) is 0 Å². The summed E-state index contributed by atoms with van der Waals surface area (Å²) in [5, 5.41) is 0. The lowest BCUT2D eigenvalue weighted by molar-refractivity contribution is 0.150. The summed E-state index contributed by atoms with van der Waals surface area (Å²) < 4.78 is 5.02. The SMILES string of the molecule is CCC(CSC)N(C)CC(N)COC. The average Bonchev–Trinajstić information content (AvgIpc) is 2.14. The monoisotopic (exact) mass is 220 g/mol. The van der Waals surface area contributed by atoms with Crippen molar-refractivity contribution in [3.8, 4) is 0 Å². The van der Waals surface area contributed by atoms with Gasteiger partial charge < -0.3 is 15.4 Å². The third-order valence-corrected chi connectivity index (χ3v) is 3.07. The van der Waals surface area contributed by atoms with Crippen molar-refractivity contribution in [3.05, 3.63) is 0 Å². The first kappa shape index (κ1) is 14.2. The van der Waals surface area contributed by atoms with Gasteiger partial charge in [0.05, 0.1) is 6.61 Å². The van der Waals surface area contributed by atoms with Gasteiger partial charge in [-0.25, -0.2) is 0 Å². The molecule has 0 aromatic carbocycles. The van der Waals surface area contributed by atoms with Crippen molar-refractivity contribution < 1.29 is 4.74 Å². The van der Waals surface area contributed by atoms with Crippen molar-refractivity contribution in [1.82, 2.24) is 4.90 Å². The van der Waals surface area contributed by atoms with Crippen LogP contribution >= 0.6 is 11.8 Å². The molecule has 0 aromatic rings. The van der Waals surface area contributed by atoms with Gasteiger partial charge in [-0.3, -0.25) is 0 Å². The van der Waals surface area contributed by atoms with E-state index in [4.69, 9.17) is 10.5 Å². The molecule has 0 heterocycles. The largest absolute Gasteiger partial charge is 0.383 e. The Kier molecular flexibility index (Phi) is 8.67. The Morgan fingerprint density at radius 1 is 1.50 bits per heavy atom. The maximum absolute atomic E-state index is 5.90. The summed E-state index contributed by atoms with van der Waals surface area (Å²) in [5.41, 5.74) is 5.90. The number of ether oxygens (including phenoxy) is 1. The minimum absolute atomic E-state index is 0.126. The molecule has 0 aromatic heterocycles. The molecule has 0 saturated carbocycles. The molecule has 2 unspecified atom stereocenters. The van der Waals surface area contributed by atoms with E-state index in [1.54, 1.807) is 7.11 Å². The Balaban J connectivity index is 3.83. The van der Waals surface area contributed by atoms with Crippen molar-refractivity contribution in [3.63, 3.8) is 0 Å². The summed E-state index contributed by atoms with van der Waals surface area (Å²) in [7, 11) is 3.83. The fourth-order valence-electron chi connectivity index (χ4n) is 1.53. The molecule has 86 valence electrons. The molecule has 0 fully saturated rings. The summed E-state index contributed by atoms with van der Waals surface area (Å²) in [6, 6.07) is 0.758. The van der Waals surface area contributed by atoms with Crippen molar-refractivity contribution >= 4 is 11.8 Å². The van der Waals surface area contributed by atoms with Gasteiger partial charge in [-0.15, -0.1) is 0 Å². The summed E-state index contributed by atoms with van der Waals surface area (Å²) in [6.45, 7) is 3.77. The van der Waals surface area contributed by atoms with Crippen molar-refractivity contribution in [2.45, 2.75) is 25.4 Å². The molecule has 0 aliphatic rings. The van der Waals surface area contributed by atoms with Gasteiger partial charge in [0.15, 0.2) is 0 Å². The lowest BCUT2D eigenvalue weighted by Crippen LogP contribution is -2.43. The molecule has 0 radical (unpaired) electrons. The minimum atomic E-state index is 0.126. The second-order valence-electron chi connectivity index (χ2n) is 3.67. The second kappa shape index (κ2) is 8.53. The van der Waals surface area contributed by atoms with E-state index < -0.39 is 0 Å². The molecule has 2 N–H and O–H groups in total. The van der Waals surface area contributed by atoms with Crippen LogP contribution < -0.4 is 5.73 Å². The molecular weight excluding hydrogens is 196 g/mol. The molecule has 4 heteroatoms. The molecule has 2 atom stereocenters. The zero-order chi connectivity index (χ0) is 11.0. The number of hydrogen-bond acceptors (Lipinski definition) is 4. The quantitative estimate of drug-likeness (QED) is 0.663. The summed E-state index contributed by atoms with van der Waals surface area (Å²) in [5.74, 6) is 1.17. The van der Waals surface area contributed by atoms with Gasteiger partial charge in [0.2, 0.25) is 0 Å². The highest BCUT2D eigenvalue weighted by Gasteiger charge is 2.14. The van der Waals surface area contributed by atoms with Crippen LogP contribution in [0.2, 0.25) is 0 Å². The van der Waals surface area contributed by atoms with E-state index in [1.165, 1.54) is 12.2 Å². The van der Waals surface area contributed by atoms with Crippen LogP contribution in [0.1, 0.15) is 13.3 Å². The van der Waals surface area contributed by atoms with Gasteiger partial charge in [0, 0.05) is 31.5 Å². The number of nitrogens with two attached hydrogens (primary N) is 1. The smallest absolute Gasteiger partial charge is 0.0626 e. The van der Waals surface area contributed by atoms with Crippen LogP contribution in [0.25, 0.3) is 0 Å². The average molecular weight is 220 g/mol. The molecule has 0 amide bonds.